The molecule has 0 aromatic rings. The van der Waals surface area contributed by atoms with Gasteiger partial charge in [0.15, 0.2) is 0 Å². The Morgan fingerprint density at radius 1 is 1.22 bits per heavy atom. The Labute approximate surface area is 115 Å². The topological polar surface area (TPSA) is 15.3 Å². The van der Waals surface area contributed by atoms with Gasteiger partial charge in [0, 0.05) is 18.1 Å². The predicted octanol–water partition coefficient (Wildman–Crippen LogP) is 3.66. The Kier molecular flexibility index (Phi) is 7.25. The summed E-state index contributed by atoms with van der Waals surface area (Å²) in [7, 11) is 2.33. The maximum Gasteiger partial charge on any atom is 0.0251 e. The third kappa shape index (κ3) is 4.24. The molecule has 0 aromatic carbocycles. The lowest BCUT2D eigenvalue weighted by molar-refractivity contribution is 0.0860. The third-order valence-corrected chi connectivity index (χ3v) is 4.90. The molecule has 1 saturated carbocycles. The molecule has 0 spiro atoms. The molecule has 0 amide bonds. The van der Waals surface area contributed by atoms with Crippen molar-refractivity contribution in [1.29, 1.82) is 0 Å². The van der Waals surface area contributed by atoms with Gasteiger partial charge in [0.1, 0.15) is 0 Å². The van der Waals surface area contributed by atoms with Crippen LogP contribution in [-0.2, 0) is 0 Å². The van der Waals surface area contributed by atoms with Crippen molar-refractivity contribution in [3.8, 4) is 0 Å². The van der Waals surface area contributed by atoms with E-state index in [-0.39, 0.29) is 0 Å². The Hall–Kier alpha value is -0.0800. The fraction of sp³-hybridized carbons (Fsp3) is 1.00. The number of hydrogen-bond donors (Lipinski definition) is 1. The lowest BCUT2D eigenvalue weighted by Gasteiger charge is -2.44. The van der Waals surface area contributed by atoms with Crippen LogP contribution in [0.3, 0.4) is 0 Å². The molecule has 0 radical (unpaired) electrons. The zero-order chi connectivity index (χ0) is 13.5. The summed E-state index contributed by atoms with van der Waals surface area (Å²) in [5.74, 6) is 0.960. The average Bonchev–Trinajstić information content (AvgIpc) is 2.39. The van der Waals surface area contributed by atoms with E-state index < -0.39 is 0 Å². The third-order valence-electron chi connectivity index (χ3n) is 4.90. The van der Waals surface area contributed by atoms with E-state index in [1.165, 1.54) is 38.5 Å². The van der Waals surface area contributed by atoms with Gasteiger partial charge < -0.3 is 5.32 Å². The van der Waals surface area contributed by atoms with Crippen LogP contribution in [0.2, 0.25) is 0 Å². The van der Waals surface area contributed by atoms with Gasteiger partial charge in [-0.15, -0.1) is 0 Å². The summed E-state index contributed by atoms with van der Waals surface area (Å²) >= 11 is 0. The first-order valence-corrected chi connectivity index (χ1v) is 8.09. The first-order chi connectivity index (χ1) is 8.63. The second kappa shape index (κ2) is 8.16. The van der Waals surface area contributed by atoms with Crippen molar-refractivity contribution in [3.63, 3.8) is 0 Å². The average molecular weight is 254 g/mol. The van der Waals surface area contributed by atoms with E-state index >= 15 is 0 Å². The summed E-state index contributed by atoms with van der Waals surface area (Å²) in [6.45, 7) is 10.3. The molecule has 1 fully saturated rings. The molecule has 108 valence electrons. The van der Waals surface area contributed by atoms with Crippen molar-refractivity contribution in [2.24, 2.45) is 5.92 Å². The second-order valence-corrected chi connectivity index (χ2v) is 6.12. The van der Waals surface area contributed by atoms with E-state index in [9.17, 15) is 0 Å². The SMILES string of the molecule is CCCC1CCC(NCC)C(N(C)C(C)CC)C1. The summed E-state index contributed by atoms with van der Waals surface area (Å²) in [6, 6.07) is 2.16. The highest BCUT2D eigenvalue weighted by Crippen LogP contribution is 2.31. The molecule has 0 aromatic heterocycles. The van der Waals surface area contributed by atoms with Crippen molar-refractivity contribution < 1.29 is 0 Å². The Bertz CT molecular complexity index is 215. The minimum atomic E-state index is 0.705. The van der Waals surface area contributed by atoms with Gasteiger partial charge in [0.2, 0.25) is 0 Å². The molecule has 1 aliphatic carbocycles. The molecule has 0 bridgehead atoms. The Morgan fingerprint density at radius 2 is 1.94 bits per heavy atom. The zero-order valence-corrected chi connectivity index (χ0v) is 13.2. The van der Waals surface area contributed by atoms with Crippen LogP contribution < -0.4 is 5.32 Å². The first-order valence-electron chi connectivity index (χ1n) is 8.09. The lowest BCUT2D eigenvalue weighted by atomic mass is 9.79. The molecular formula is C16H34N2. The van der Waals surface area contributed by atoms with Crippen molar-refractivity contribution in [2.75, 3.05) is 13.6 Å². The van der Waals surface area contributed by atoms with Crippen LogP contribution in [-0.4, -0.2) is 36.6 Å². The zero-order valence-electron chi connectivity index (χ0n) is 13.2. The molecule has 1 aliphatic rings. The van der Waals surface area contributed by atoms with Gasteiger partial charge in [-0.3, -0.25) is 4.90 Å². The van der Waals surface area contributed by atoms with Gasteiger partial charge >= 0.3 is 0 Å². The van der Waals surface area contributed by atoms with Gasteiger partial charge in [-0.05, 0) is 52.1 Å². The Balaban J connectivity index is 2.64. The van der Waals surface area contributed by atoms with Gasteiger partial charge in [-0.1, -0.05) is 33.6 Å². The largest absolute Gasteiger partial charge is 0.313 e. The molecule has 0 heterocycles. The molecule has 4 unspecified atom stereocenters. The smallest absolute Gasteiger partial charge is 0.0251 e. The van der Waals surface area contributed by atoms with E-state index in [1.54, 1.807) is 0 Å². The van der Waals surface area contributed by atoms with E-state index in [4.69, 9.17) is 0 Å². The predicted molar refractivity (Wildman–Crippen MR) is 81.0 cm³/mol. The molecule has 0 aliphatic heterocycles. The minimum absolute atomic E-state index is 0.705. The normalized spacial score (nSPS) is 30.7. The van der Waals surface area contributed by atoms with Crippen LogP contribution >= 0.6 is 0 Å². The highest BCUT2D eigenvalue weighted by atomic mass is 15.2. The number of rotatable bonds is 7. The molecule has 1 rings (SSSR count). The van der Waals surface area contributed by atoms with Crippen molar-refractivity contribution >= 4 is 0 Å². The fourth-order valence-electron chi connectivity index (χ4n) is 3.47. The standard InChI is InChI=1S/C16H34N2/c1-6-9-14-10-11-15(17-8-3)16(12-14)18(5)13(4)7-2/h13-17H,6-12H2,1-5H3. The summed E-state index contributed by atoms with van der Waals surface area (Å²) in [6.07, 6.45) is 8.21. The lowest BCUT2D eigenvalue weighted by Crippen LogP contribution is -2.54. The van der Waals surface area contributed by atoms with Gasteiger partial charge in [0.05, 0.1) is 0 Å². The van der Waals surface area contributed by atoms with Crippen LogP contribution in [0.1, 0.15) is 66.2 Å². The number of likely N-dealkylation sites (N-methyl/N-ethyl adjacent to an activating group) is 2. The first kappa shape index (κ1) is 16.0. The van der Waals surface area contributed by atoms with Crippen LogP contribution in [0.4, 0.5) is 0 Å². The molecule has 4 atom stereocenters. The highest BCUT2D eigenvalue weighted by Gasteiger charge is 2.33. The van der Waals surface area contributed by atoms with E-state index in [2.05, 4.69) is 45.0 Å². The number of nitrogens with one attached hydrogen (secondary N) is 1. The van der Waals surface area contributed by atoms with Crippen molar-refractivity contribution in [3.05, 3.63) is 0 Å². The monoisotopic (exact) mass is 254 g/mol. The van der Waals surface area contributed by atoms with Gasteiger partial charge in [-0.2, -0.15) is 0 Å². The molecular weight excluding hydrogens is 220 g/mol. The number of hydrogen-bond acceptors (Lipinski definition) is 2. The van der Waals surface area contributed by atoms with Crippen LogP contribution in [0.5, 0.6) is 0 Å². The fourth-order valence-corrected chi connectivity index (χ4v) is 3.47. The minimum Gasteiger partial charge on any atom is -0.313 e. The summed E-state index contributed by atoms with van der Waals surface area (Å²) < 4.78 is 0. The van der Waals surface area contributed by atoms with Crippen molar-refractivity contribution in [1.82, 2.24) is 10.2 Å². The van der Waals surface area contributed by atoms with Crippen LogP contribution in [0.15, 0.2) is 0 Å². The highest BCUT2D eigenvalue weighted by molar-refractivity contribution is 4.91. The van der Waals surface area contributed by atoms with Gasteiger partial charge in [0.25, 0.3) is 0 Å². The van der Waals surface area contributed by atoms with E-state index in [0.717, 1.165) is 18.5 Å². The maximum atomic E-state index is 3.72. The van der Waals surface area contributed by atoms with E-state index in [1.807, 2.05) is 0 Å². The van der Waals surface area contributed by atoms with Crippen LogP contribution in [0, 0.1) is 5.92 Å². The van der Waals surface area contributed by atoms with Crippen LogP contribution in [0.25, 0.3) is 0 Å². The number of nitrogens with zero attached hydrogens (tertiary/aromatic N) is 1. The molecule has 18 heavy (non-hydrogen) atoms. The van der Waals surface area contributed by atoms with Crippen molar-refractivity contribution in [2.45, 2.75) is 84.3 Å². The van der Waals surface area contributed by atoms with Gasteiger partial charge in [-0.25, -0.2) is 0 Å². The molecule has 0 saturated heterocycles. The summed E-state index contributed by atoms with van der Waals surface area (Å²) in [4.78, 5) is 2.63. The molecule has 2 heteroatoms. The summed E-state index contributed by atoms with van der Waals surface area (Å²) in [5.41, 5.74) is 0. The Morgan fingerprint density at radius 3 is 2.50 bits per heavy atom. The quantitative estimate of drug-likeness (QED) is 0.746. The molecule has 1 N–H and O–H groups in total. The summed E-state index contributed by atoms with van der Waals surface area (Å²) in [5, 5.41) is 3.72. The molecule has 2 nitrogen and oxygen atoms in total. The second-order valence-electron chi connectivity index (χ2n) is 6.12. The maximum absolute atomic E-state index is 3.72. The van der Waals surface area contributed by atoms with E-state index in [0.29, 0.717) is 12.1 Å².